The van der Waals surface area contributed by atoms with Crippen LogP contribution >= 0.6 is 27.7 Å². The lowest BCUT2D eigenvalue weighted by Gasteiger charge is -2.23. The van der Waals surface area contributed by atoms with E-state index in [1.807, 2.05) is 36.0 Å². The van der Waals surface area contributed by atoms with Crippen molar-refractivity contribution in [1.82, 2.24) is 0 Å². The summed E-state index contributed by atoms with van der Waals surface area (Å²) in [5.41, 5.74) is 1.07. The molecule has 1 aromatic rings. The summed E-state index contributed by atoms with van der Waals surface area (Å²) in [5.74, 6) is 2.97. The predicted molar refractivity (Wildman–Crippen MR) is 74.1 cm³/mol. The van der Waals surface area contributed by atoms with Gasteiger partial charge in [0.2, 0.25) is 0 Å². The van der Waals surface area contributed by atoms with Crippen molar-refractivity contribution in [3.8, 4) is 0 Å². The van der Waals surface area contributed by atoms with Gasteiger partial charge >= 0.3 is 0 Å². The first-order valence-electron chi connectivity index (χ1n) is 5.50. The number of benzene rings is 1. The quantitative estimate of drug-likeness (QED) is 0.897. The first-order chi connectivity index (χ1) is 7.79. The Balaban J connectivity index is 2.00. The molecule has 2 unspecified atom stereocenters. The van der Waals surface area contributed by atoms with Crippen LogP contribution in [0.15, 0.2) is 28.7 Å². The van der Waals surface area contributed by atoms with Crippen molar-refractivity contribution < 1.29 is 5.11 Å². The smallest absolute Gasteiger partial charge is 0.0635 e. The average Bonchev–Trinajstić information content (AvgIpc) is 2.79. The van der Waals surface area contributed by atoms with E-state index in [0.717, 1.165) is 15.9 Å². The molecule has 88 valence electrons. The highest BCUT2D eigenvalue weighted by atomic mass is 79.9. The third-order valence-corrected chi connectivity index (χ3v) is 4.59. The first-order valence-corrected chi connectivity index (χ1v) is 7.45. The molecule has 1 aliphatic rings. The molecule has 2 rings (SSSR count). The molecule has 1 aromatic carbocycles. The first kappa shape index (κ1) is 12.3. The molecule has 0 radical (unpaired) electrons. The van der Waals surface area contributed by atoms with Crippen molar-refractivity contribution >= 4 is 33.4 Å². The van der Waals surface area contributed by atoms with Gasteiger partial charge in [0.05, 0.1) is 12.6 Å². The molecule has 1 fully saturated rings. The molecule has 1 aliphatic heterocycles. The Morgan fingerprint density at radius 2 is 2.44 bits per heavy atom. The summed E-state index contributed by atoms with van der Waals surface area (Å²) in [6, 6.07) is 8.28. The topological polar surface area (TPSA) is 32.3 Å². The van der Waals surface area contributed by atoms with Gasteiger partial charge in [-0.2, -0.15) is 11.8 Å². The van der Waals surface area contributed by atoms with Crippen molar-refractivity contribution in [2.45, 2.75) is 12.5 Å². The van der Waals surface area contributed by atoms with Gasteiger partial charge in [-0.05, 0) is 42.0 Å². The summed E-state index contributed by atoms with van der Waals surface area (Å²) in [5, 5.41) is 12.9. The third-order valence-electron chi connectivity index (χ3n) is 2.91. The number of aliphatic hydroxyl groups excluding tert-OH is 1. The van der Waals surface area contributed by atoms with E-state index in [1.165, 1.54) is 12.2 Å². The minimum atomic E-state index is 0.185. The molecule has 2 nitrogen and oxygen atoms in total. The summed E-state index contributed by atoms with van der Waals surface area (Å²) in [4.78, 5) is 0. The standard InChI is InChI=1S/C12H16BrNOS/c13-10-2-1-3-11(6-10)14-12(7-15)9-4-5-16-8-9/h1-3,6,9,12,14-15H,4-5,7-8H2. The summed E-state index contributed by atoms with van der Waals surface area (Å²) in [6.07, 6.45) is 1.21. The van der Waals surface area contributed by atoms with E-state index in [1.54, 1.807) is 0 Å². The number of aliphatic hydroxyl groups is 1. The van der Waals surface area contributed by atoms with E-state index >= 15 is 0 Å². The van der Waals surface area contributed by atoms with E-state index in [4.69, 9.17) is 0 Å². The predicted octanol–water partition coefficient (Wildman–Crippen LogP) is 2.98. The molecule has 0 amide bonds. The van der Waals surface area contributed by atoms with Gasteiger partial charge in [0.25, 0.3) is 0 Å². The van der Waals surface area contributed by atoms with Gasteiger partial charge in [0.1, 0.15) is 0 Å². The third kappa shape index (κ3) is 3.15. The van der Waals surface area contributed by atoms with Gasteiger partial charge in [-0.3, -0.25) is 0 Å². The zero-order valence-electron chi connectivity index (χ0n) is 9.03. The van der Waals surface area contributed by atoms with Crippen LogP contribution in [0.25, 0.3) is 0 Å². The van der Waals surface area contributed by atoms with E-state index in [9.17, 15) is 5.11 Å². The minimum absolute atomic E-state index is 0.185. The monoisotopic (exact) mass is 301 g/mol. The Hall–Kier alpha value is -0.190. The van der Waals surface area contributed by atoms with Crippen LogP contribution in [0.2, 0.25) is 0 Å². The lowest BCUT2D eigenvalue weighted by molar-refractivity contribution is 0.245. The van der Waals surface area contributed by atoms with Crippen molar-refractivity contribution in [2.24, 2.45) is 5.92 Å². The normalized spacial score (nSPS) is 22.0. The van der Waals surface area contributed by atoms with Crippen molar-refractivity contribution in [2.75, 3.05) is 23.4 Å². The second-order valence-electron chi connectivity index (χ2n) is 4.07. The average molecular weight is 302 g/mol. The summed E-state index contributed by atoms with van der Waals surface area (Å²) in [6.45, 7) is 0.206. The number of anilines is 1. The van der Waals surface area contributed by atoms with Crippen LogP contribution in [0.3, 0.4) is 0 Å². The van der Waals surface area contributed by atoms with Crippen LogP contribution in [0.4, 0.5) is 5.69 Å². The fourth-order valence-corrected chi connectivity index (χ4v) is 3.71. The molecule has 4 heteroatoms. The number of rotatable bonds is 4. The zero-order valence-corrected chi connectivity index (χ0v) is 11.4. The molecular formula is C12H16BrNOS. The molecule has 16 heavy (non-hydrogen) atoms. The molecule has 0 bridgehead atoms. The number of halogens is 1. The number of nitrogens with one attached hydrogen (secondary N) is 1. The fourth-order valence-electron chi connectivity index (χ4n) is 1.97. The van der Waals surface area contributed by atoms with Gasteiger partial charge in [0, 0.05) is 10.2 Å². The molecule has 0 aliphatic carbocycles. The summed E-state index contributed by atoms with van der Waals surface area (Å²) >= 11 is 5.43. The minimum Gasteiger partial charge on any atom is -0.394 e. The summed E-state index contributed by atoms with van der Waals surface area (Å²) in [7, 11) is 0. The molecular weight excluding hydrogens is 286 g/mol. The number of hydrogen-bond donors (Lipinski definition) is 2. The van der Waals surface area contributed by atoms with E-state index in [2.05, 4.69) is 21.2 Å². The second kappa shape index (κ2) is 5.94. The Morgan fingerprint density at radius 1 is 1.56 bits per heavy atom. The highest BCUT2D eigenvalue weighted by Gasteiger charge is 2.24. The lowest BCUT2D eigenvalue weighted by atomic mass is 9.99. The molecule has 1 heterocycles. The van der Waals surface area contributed by atoms with Crippen LogP contribution in [0.5, 0.6) is 0 Å². The van der Waals surface area contributed by atoms with E-state index in [-0.39, 0.29) is 12.6 Å². The molecule has 0 aromatic heterocycles. The van der Waals surface area contributed by atoms with Crippen LogP contribution in [-0.4, -0.2) is 29.3 Å². The maximum absolute atomic E-state index is 9.43. The van der Waals surface area contributed by atoms with Gasteiger partial charge < -0.3 is 10.4 Å². The Morgan fingerprint density at radius 3 is 3.06 bits per heavy atom. The Labute approximate surface area is 109 Å². The molecule has 2 atom stereocenters. The fraction of sp³-hybridized carbons (Fsp3) is 0.500. The maximum Gasteiger partial charge on any atom is 0.0635 e. The zero-order chi connectivity index (χ0) is 11.4. The number of thioether (sulfide) groups is 1. The van der Waals surface area contributed by atoms with E-state index < -0.39 is 0 Å². The van der Waals surface area contributed by atoms with Crippen LogP contribution < -0.4 is 5.32 Å². The highest BCUT2D eigenvalue weighted by Crippen LogP contribution is 2.28. The van der Waals surface area contributed by atoms with Gasteiger partial charge in [-0.25, -0.2) is 0 Å². The molecule has 2 N–H and O–H groups in total. The largest absolute Gasteiger partial charge is 0.394 e. The maximum atomic E-state index is 9.43. The SMILES string of the molecule is OCC(Nc1cccc(Br)c1)C1CCSC1. The van der Waals surface area contributed by atoms with Crippen LogP contribution in [0.1, 0.15) is 6.42 Å². The number of hydrogen-bond acceptors (Lipinski definition) is 3. The van der Waals surface area contributed by atoms with Crippen molar-refractivity contribution in [3.63, 3.8) is 0 Å². The van der Waals surface area contributed by atoms with E-state index in [0.29, 0.717) is 5.92 Å². The van der Waals surface area contributed by atoms with Gasteiger partial charge in [-0.15, -0.1) is 0 Å². The molecule has 0 saturated carbocycles. The van der Waals surface area contributed by atoms with Crippen LogP contribution in [0, 0.1) is 5.92 Å². The van der Waals surface area contributed by atoms with Gasteiger partial charge in [0.15, 0.2) is 0 Å². The molecule has 1 saturated heterocycles. The highest BCUT2D eigenvalue weighted by molar-refractivity contribution is 9.10. The summed E-state index contributed by atoms with van der Waals surface area (Å²) < 4.78 is 1.06. The van der Waals surface area contributed by atoms with Crippen LogP contribution in [-0.2, 0) is 0 Å². The Bertz CT molecular complexity index is 342. The van der Waals surface area contributed by atoms with Crippen molar-refractivity contribution in [3.05, 3.63) is 28.7 Å². The molecule has 0 spiro atoms. The second-order valence-corrected chi connectivity index (χ2v) is 6.13. The Kier molecular flexibility index (Phi) is 4.55. The lowest BCUT2D eigenvalue weighted by Crippen LogP contribution is -2.32. The van der Waals surface area contributed by atoms with Crippen molar-refractivity contribution in [1.29, 1.82) is 0 Å². The van der Waals surface area contributed by atoms with Gasteiger partial charge in [-0.1, -0.05) is 22.0 Å².